The topological polar surface area (TPSA) is 64.6 Å². The van der Waals surface area contributed by atoms with E-state index in [1.54, 1.807) is 19.1 Å². The van der Waals surface area contributed by atoms with Crippen molar-refractivity contribution < 1.29 is 23.5 Å². The fourth-order valence-electron chi connectivity index (χ4n) is 3.57. The Morgan fingerprint density at radius 2 is 2.12 bits per heavy atom. The number of ketones is 1. The average Bonchev–Trinajstić information content (AvgIpc) is 2.61. The molecule has 1 N–H and O–H groups in total. The van der Waals surface area contributed by atoms with Crippen LogP contribution in [0.5, 0.6) is 0 Å². The maximum Gasteiger partial charge on any atom is 0.336 e. The molecule has 1 aromatic carbocycles. The number of rotatable bonds is 5. The predicted octanol–water partition coefficient (Wildman–Crippen LogP) is 2.98. The van der Waals surface area contributed by atoms with Crippen LogP contribution in [-0.2, 0) is 19.1 Å². The van der Waals surface area contributed by atoms with Crippen molar-refractivity contribution in [2.45, 2.75) is 32.1 Å². The number of methoxy groups -OCH3 is 1. The van der Waals surface area contributed by atoms with E-state index in [-0.39, 0.29) is 19.0 Å². The SMILES string of the molecule is COCCOC(=O)C1=C(C)NC2=C(C(=O)CCC2)C1c1cccc(F)c1. The number of halogens is 1. The molecule has 0 saturated heterocycles. The minimum atomic E-state index is -0.621. The minimum Gasteiger partial charge on any atom is -0.460 e. The number of esters is 1. The summed E-state index contributed by atoms with van der Waals surface area (Å²) >= 11 is 0. The van der Waals surface area contributed by atoms with E-state index in [1.807, 2.05) is 0 Å². The van der Waals surface area contributed by atoms with Gasteiger partial charge in [0, 0.05) is 36.4 Å². The summed E-state index contributed by atoms with van der Waals surface area (Å²) in [6, 6.07) is 6.04. The Morgan fingerprint density at radius 1 is 1.31 bits per heavy atom. The Balaban J connectivity index is 2.06. The standard InChI is InChI=1S/C20H22FNO4/c1-12-17(20(24)26-10-9-25-2)18(13-5-3-6-14(21)11-13)19-15(22-12)7-4-8-16(19)23/h3,5-6,11,18,22H,4,7-10H2,1-2H3. The Hall–Kier alpha value is -2.47. The van der Waals surface area contributed by atoms with Gasteiger partial charge in [-0.3, -0.25) is 4.79 Å². The van der Waals surface area contributed by atoms with Crippen molar-refractivity contribution in [2.75, 3.05) is 20.3 Å². The number of nitrogens with one attached hydrogen (secondary N) is 1. The van der Waals surface area contributed by atoms with Crippen molar-refractivity contribution in [1.29, 1.82) is 0 Å². The van der Waals surface area contributed by atoms with E-state index >= 15 is 0 Å². The molecule has 138 valence electrons. The number of dihydropyridines is 1. The monoisotopic (exact) mass is 359 g/mol. The largest absolute Gasteiger partial charge is 0.460 e. The molecular weight excluding hydrogens is 337 g/mol. The Kier molecular flexibility index (Phi) is 5.52. The van der Waals surface area contributed by atoms with Crippen LogP contribution in [0.15, 0.2) is 46.8 Å². The number of allylic oxidation sites excluding steroid dienone is 3. The molecule has 1 aromatic rings. The zero-order valence-corrected chi connectivity index (χ0v) is 14.9. The molecule has 1 aliphatic heterocycles. The molecule has 1 aliphatic carbocycles. The average molecular weight is 359 g/mol. The molecule has 3 rings (SSSR count). The van der Waals surface area contributed by atoms with E-state index in [4.69, 9.17) is 9.47 Å². The summed E-state index contributed by atoms with van der Waals surface area (Å²) < 4.78 is 24.1. The maximum absolute atomic E-state index is 13.9. The summed E-state index contributed by atoms with van der Waals surface area (Å²) in [4.78, 5) is 25.4. The molecule has 0 spiro atoms. The Labute approximate surface area is 151 Å². The van der Waals surface area contributed by atoms with Gasteiger partial charge in [0.15, 0.2) is 5.78 Å². The van der Waals surface area contributed by atoms with Crippen LogP contribution in [0, 0.1) is 5.82 Å². The van der Waals surface area contributed by atoms with Gasteiger partial charge < -0.3 is 14.8 Å². The molecule has 1 heterocycles. The van der Waals surface area contributed by atoms with Crippen LogP contribution in [0.25, 0.3) is 0 Å². The summed E-state index contributed by atoms with van der Waals surface area (Å²) in [6.45, 7) is 2.17. The van der Waals surface area contributed by atoms with E-state index in [9.17, 15) is 14.0 Å². The molecule has 0 amide bonds. The zero-order chi connectivity index (χ0) is 18.7. The van der Waals surface area contributed by atoms with Crippen LogP contribution in [0.2, 0.25) is 0 Å². The normalized spacial score (nSPS) is 20.0. The van der Waals surface area contributed by atoms with Gasteiger partial charge in [-0.2, -0.15) is 0 Å². The molecule has 0 fully saturated rings. The number of carbonyl (C=O) groups is 2. The lowest BCUT2D eigenvalue weighted by atomic mass is 9.75. The van der Waals surface area contributed by atoms with Crippen molar-refractivity contribution >= 4 is 11.8 Å². The highest BCUT2D eigenvalue weighted by Gasteiger charge is 2.39. The van der Waals surface area contributed by atoms with Gasteiger partial charge in [0.2, 0.25) is 0 Å². The Bertz CT molecular complexity index is 797. The highest BCUT2D eigenvalue weighted by Crippen LogP contribution is 2.42. The summed E-state index contributed by atoms with van der Waals surface area (Å²) in [5, 5.41) is 3.20. The minimum absolute atomic E-state index is 0.0114. The van der Waals surface area contributed by atoms with Crippen molar-refractivity contribution in [3.8, 4) is 0 Å². The first-order valence-electron chi connectivity index (χ1n) is 8.68. The van der Waals surface area contributed by atoms with E-state index in [1.165, 1.54) is 19.2 Å². The third-order valence-electron chi connectivity index (χ3n) is 4.70. The smallest absolute Gasteiger partial charge is 0.336 e. The van der Waals surface area contributed by atoms with Crippen LogP contribution >= 0.6 is 0 Å². The van der Waals surface area contributed by atoms with Gasteiger partial charge in [-0.15, -0.1) is 0 Å². The molecule has 0 saturated carbocycles. The van der Waals surface area contributed by atoms with Gasteiger partial charge >= 0.3 is 5.97 Å². The van der Waals surface area contributed by atoms with Crippen LogP contribution in [0.3, 0.4) is 0 Å². The van der Waals surface area contributed by atoms with E-state index < -0.39 is 17.7 Å². The number of carbonyl (C=O) groups excluding carboxylic acids is 2. The molecular formula is C20H22FNO4. The molecule has 6 heteroatoms. The van der Waals surface area contributed by atoms with Gasteiger partial charge in [-0.05, 0) is 37.5 Å². The van der Waals surface area contributed by atoms with Gasteiger partial charge in [-0.25, -0.2) is 9.18 Å². The van der Waals surface area contributed by atoms with Crippen LogP contribution in [0.1, 0.15) is 37.7 Å². The second-order valence-corrected chi connectivity index (χ2v) is 6.45. The van der Waals surface area contributed by atoms with E-state index in [0.717, 1.165) is 18.5 Å². The maximum atomic E-state index is 13.9. The lowest BCUT2D eigenvalue weighted by Gasteiger charge is -2.34. The molecule has 1 unspecified atom stereocenters. The highest BCUT2D eigenvalue weighted by atomic mass is 19.1. The van der Waals surface area contributed by atoms with Gasteiger partial charge in [0.25, 0.3) is 0 Å². The first kappa shape index (κ1) is 18.3. The summed E-state index contributed by atoms with van der Waals surface area (Å²) in [6.07, 6.45) is 1.93. The van der Waals surface area contributed by atoms with Gasteiger partial charge in [0.1, 0.15) is 12.4 Å². The number of ether oxygens (including phenoxy) is 2. The highest BCUT2D eigenvalue weighted by molar-refractivity contribution is 6.03. The predicted molar refractivity (Wildman–Crippen MR) is 93.7 cm³/mol. The Morgan fingerprint density at radius 3 is 2.85 bits per heavy atom. The van der Waals surface area contributed by atoms with Crippen molar-refractivity contribution in [3.63, 3.8) is 0 Å². The van der Waals surface area contributed by atoms with Crippen molar-refractivity contribution in [1.82, 2.24) is 5.32 Å². The van der Waals surface area contributed by atoms with Crippen molar-refractivity contribution in [3.05, 3.63) is 58.2 Å². The number of Topliss-reactive ketones (excluding diaryl/α,β-unsaturated/α-hetero) is 1. The molecule has 0 radical (unpaired) electrons. The summed E-state index contributed by atoms with van der Waals surface area (Å²) in [5.41, 5.74) is 2.93. The molecule has 0 bridgehead atoms. The first-order valence-corrected chi connectivity index (χ1v) is 8.68. The van der Waals surface area contributed by atoms with Crippen LogP contribution in [-0.4, -0.2) is 32.1 Å². The third kappa shape index (κ3) is 3.55. The quantitative estimate of drug-likeness (QED) is 0.647. The fraction of sp³-hybridized carbons (Fsp3) is 0.400. The van der Waals surface area contributed by atoms with E-state index in [0.29, 0.717) is 28.8 Å². The molecule has 1 atom stereocenters. The molecule has 2 aliphatic rings. The molecule has 0 aromatic heterocycles. The molecule has 5 nitrogen and oxygen atoms in total. The summed E-state index contributed by atoms with van der Waals surface area (Å²) in [5.74, 6) is -1.56. The number of hydrogen-bond acceptors (Lipinski definition) is 5. The molecule has 26 heavy (non-hydrogen) atoms. The number of benzene rings is 1. The van der Waals surface area contributed by atoms with E-state index in [2.05, 4.69) is 5.32 Å². The van der Waals surface area contributed by atoms with Gasteiger partial charge in [0.05, 0.1) is 12.2 Å². The lowest BCUT2D eigenvalue weighted by molar-refractivity contribution is -0.140. The van der Waals surface area contributed by atoms with Crippen LogP contribution < -0.4 is 5.32 Å². The fourth-order valence-corrected chi connectivity index (χ4v) is 3.57. The van der Waals surface area contributed by atoms with Gasteiger partial charge in [-0.1, -0.05) is 12.1 Å². The second-order valence-electron chi connectivity index (χ2n) is 6.45. The second kappa shape index (κ2) is 7.83. The summed E-state index contributed by atoms with van der Waals surface area (Å²) in [7, 11) is 1.52. The van der Waals surface area contributed by atoms with Crippen molar-refractivity contribution in [2.24, 2.45) is 0 Å². The lowest BCUT2D eigenvalue weighted by Crippen LogP contribution is -2.34. The third-order valence-corrected chi connectivity index (χ3v) is 4.70. The van der Waals surface area contributed by atoms with Crippen LogP contribution in [0.4, 0.5) is 4.39 Å². The first-order chi connectivity index (χ1) is 12.5. The zero-order valence-electron chi connectivity index (χ0n) is 14.9. The number of hydrogen-bond donors (Lipinski definition) is 1.